The molecular formula is C23H25Cl2NZr-2. The molecule has 0 spiro atoms. The van der Waals surface area contributed by atoms with Crippen LogP contribution in [0.25, 0.3) is 21.5 Å². The number of fused-ring (bicyclic) bond motifs is 3. The van der Waals surface area contributed by atoms with Gasteiger partial charge in [-0.05, 0) is 0 Å². The molecule has 0 radical (unpaired) electrons. The Morgan fingerprint density at radius 2 is 1.63 bits per heavy atom. The van der Waals surface area contributed by atoms with Crippen LogP contribution in [0.4, 0.5) is 5.69 Å². The number of halogens is 2. The number of allylic oxidation sites excluding steroid dienone is 4. The zero-order chi connectivity index (χ0) is 18.2. The molecule has 1 aliphatic rings. The van der Waals surface area contributed by atoms with Gasteiger partial charge >= 0.3 is 41.3 Å². The molecule has 0 amide bonds. The molecule has 3 aromatic rings. The van der Waals surface area contributed by atoms with Gasteiger partial charge < -0.3 is 29.7 Å². The van der Waals surface area contributed by atoms with Crippen molar-refractivity contribution in [2.24, 2.45) is 0 Å². The van der Waals surface area contributed by atoms with Crippen molar-refractivity contribution in [2.75, 3.05) is 19.0 Å². The SMILES string of the molecule is CN(C)c1cccc2[cH-]c3ccccc3c12.C[C](C)=[Zr+2].[C-]1=CC=CC1.[Cl-].[Cl-]. The zero-order valence-corrected chi connectivity index (χ0v) is 20.2. The number of anilines is 1. The van der Waals surface area contributed by atoms with Gasteiger partial charge in [-0.3, -0.25) is 6.08 Å². The van der Waals surface area contributed by atoms with Gasteiger partial charge in [0.25, 0.3) is 0 Å². The van der Waals surface area contributed by atoms with Crippen molar-refractivity contribution >= 4 is 30.4 Å². The first-order valence-corrected chi connectivity index (χ1v) is 9.71. The van der Waals surface area contributed by atoms with Gasteiger partial charge in [0.15, 0.2) is 0 Å². The molecule has 0 aromatic heterocycles. The Bertz CT molecular complexity index is 893. The first kappa shape index (κ1) is 25.9. The van der Waals surface area contributed by atoms with Crippen LogP contribution in [-0.2, 0) is 24.2 Å². The van der Waals surface area contributed by atoms with Crippen LogP contribution >= 0.6 is 0 Å². The average Bonchev–Trinajstić information content (AvgIpc) is 3.25. The fourth-order valence-corrected chi connectivity index (χ4v) is 2.70. The van der Waals surface area contributed by atoms with Gasteiger partial charge in [0.2, 0.25) is 0 Å². The van der Waals surface area contributed by atoms with Crippen molar-refractivity contribution in [3.8, 4) is 0 Å². The van der Waals surface area contributed by atoms with Gasteiger partial charge in [-0.2, -0.15) is 6.08 Å². The Morgan fingerprint density at radius 3 is 2.15 bits per heavy atom. The molecule has 0 heterocycles. The van der Waals surface area contributed by atoms with Crippen LogP contribution in [0.2, 0.25) is 0 Å². The molecule has 4 heteroatoms. The number of nitrogens with zero attached hydrogens (tertiary/aromatic N) is 1. The van der Waals surface area contributed by atoms with E-state index in [-0.39, 0.29) is 24.8 Å². The monoisotopic (exact) mass is 475 g/mol. The quantitative estimate of drug-likeness (QED) is 0.441. The number of hydrogen-bond acceptors (Lipinski definition) is 1. The largest absolute Gasteiger partial charge is 1.00 e. The van der Waals surface area contributed by atoms with E-state index in [1.54, 1.807) is 24.2 Å². The second-order valence-corrected chi connectivity index (χ2v) is 8.83. The van der Waals surface area contributed by atoms with Gasteiger partial charge in [0, 0.05) is 19.8 Å². The number of hydrogen-bond donors (Lipinski definition) is 0. The molecule has 0 bridgehead atoms. The van der Waals surface area contributed by atoms with Gasteiger partial charge in [0.05, 0.1) is 0 Å². The summed E-state index contributed by atoms with van der Waals surface area (Å²) in [5.41, 5.74) is 1.29. The summed E-state index contributed by atoms with van der Waals surface area (Å²) in [6.07, 6.45) is 10.0. The molecule has 1 nitrogen and oxygen atoms in total. The van der Waals surface area contributed by atoms with E-state index < -0.39 is 0 Å². The maximum absolute atomic E-state index is 2.99. The van der Waals surface area contributed by atoms with E-state index >= 15 is 0 Å². The Labute approximate surface area is 190 Å². The van der Waals surface area contributed by atoms with Crippen molar-refractivity contribution < 1.29 is 49.0 Å². The molecule has 3 aromatic carbocycles. The molecule has 142 valence electrons. The van der Waals surface area contributed by atoms with Crippen LogP contribution in [-0.4, -0.2) is 17.3 Å². The average molecular weight is 478 g/mol. The topological polar surface area (TPSA) is 3.24 Å². The first-order chi connectivity index (χ1) is 12.0. The van der Waals surface area contributed by atoms with Crippen LogP contribution in [0.3, 0.4) is 0 Å². The van der Waals surface area contributed by atoms with Crippen molar-refractivity contribution in [1.82, 2.24) is 0 Å². The van der Waals surface area contributed by atoms with Gasteiger partial charge in [-0.15, -0.1) is 40.8 Å². The van der Waals surface area contributed by atoms with Crippen LogP contribution in [0, 0.1) is 6.08 Å². The van der Waals surface area contributed by atoms with Crippen LogP contribution in [0.1, 0.15) is 20.3 Å². The summed E-state index contributed by atoms with van der Waals surface area (Å²) in [6.45, 7) is 4.25. The summed E-state index contributed by atoms with van der Waals surface area (Å²) < 4.78 is 1.51. The second-order valence-electron chi connectivity index (χ2n) is 6.37. The molecule has 1 aliphatic carbocycles. The van der Waals surface area contributed by atoms with E-state index in [4.69, 9.17) is 0 Å². The fourth-order valence-electron chi connectivity index (χ4n) is 2.70. The maximum Gasteiger partial charge on any atom is -0.109 e. The Balaban J connectivity index is 0.000000518. The molecule has 0 saturated carbocycles. The third kappa shape index (κ3) is 7.82. The zero-order valence-electron chi connectivity index (χ0n) is 16.3. The van der Waals surface area contributed by atoms with Crippen LogP contribution in [0.5, 0.6) is 0 Å². The number of benzene rings is 2. The van der Waals surface area contributed by atoms with Gasteiger partial charge in [-0.25, -0.2) is 12.2 Å². The van der Waals surface area contributed by atoms with E-state index in [1.165, 1.54) is 30.4 Å². The third-order valence-corrected chi connectivity index (χ3v) is 3.68. The van der Waals surface area contributed by atoms with E-state index in [9.17, 15) is 0 Å². The summed E-state index contributed by atoms with van der Waals surface area (Å²) in [5, 5.41) is 5.36. The summed E-state index contributed by atoms with van der Waals surface area (Å²) >= 11 is 1.55. The summed E-state index contributed by atoms with van der Waals surface area (Å²) in [6, 6.07) is 17.3. The standard InChI is InChI=1S/C15H14N.C5H5.C3H6.2ClH.Zr/c1-16(2)14-9-5-7-12-10-11-6-3-4-8-13(11)15(12)14;1-2-4-5-3-1;1-3-2;;;/h3-10H,1-2H3;1-3H,4H2;1-2H3;2*1H;/q2*-1;;;;+2/p-2. The molecule has 0 atom stereocenters. The molecule has 0 unspecified atom stereocenters. The minimum atomic E-state index is 0. The second kappa shape index (κ2) is 13.2. The molecule has 0 fully saturated rings. The van der Waals surface area contributed by atoms with E-state index in [2.05, 4.69) is 93.5 Å². The smallest absolute Gasteiger partial charge is 0.109 e. The van der Waals surface area contributed by atoms with Crippen LogP contribution in [0.15, 0.2) is 66.8 Å². The van der Waals surface area contributed by atoms with E-state index in [0.717, 1.165) is 6.42 Å². The van der Waals surface area contributed by atoms with Crippen LogP contribution < -0.4 is 29.7 Å². The van der Waals surface area contributed by atoms with Crippen molar-refractivity contribution in [2.45, 2.75) is 20.3 Å². The Morgan fingerprint density at radius 1 is 1.00 bits per heavy atom. The summed E-state index contributed by atoms with van der Waals surface area (Å²) in [5.74, 6) is 0. The van der Waals surface area contributed by atoms with Crippen molar-refractivity contribution in [3.63, 3.8) is 0 Å². The molecular weight excluding hydrogens is 452 g/mol. The normalized spacial score (nSPS) is 10.9. The van der Waals surface area contributed by atoms with Gasteiger partial charge in [0.1, 0.15) is 0 Å². The molecule has 4 rings (SSSR count). The molecule has 27 heavy (non-hydrogen) atoms. The summed E-state index contributed by atoms with van der Waals surface area (Å²) in [4.78, 5) is 2.18. The summed E-state index contributed by atoms with van der Waals surface area (Å²) in [7, 11) is 4.19. The molecule has 0 saturated heterocycles. The number of rotatable bonds is 1. The molecule has 0 aliphatic heterocycles. The Kier molecular flexibility index (Phi) is 12.6. The van der Waals surface area contributed by atoms with Crippen molar-refractivity contribution in [3.05, 3.63) is 72.8 Å². The minimum absolute atomic E-state index is 0. The maximum atomic E-state index is 2.99. The van der Waals surface area contributed by atoms with E-state index in [1.807, 2.05) is 12.2 Å². The fraction of sp³-hybridized carbons (Fsp3) is 0.217. The predicted octanol–water partition coefficient (Wildman–Crippen LogP) is -0.163. The first-order valence-electron chi connectivity index (χ1n) is 8.48. The minimum Gasteiger partial charge on any atom is -1.00 e. The van der Waals surface area contributed by atoms with Crippen molar-refractivity contribution in [1.29, 1.82) is 0 Å². The third-order valence-electron chi connectivity index (χ3n) is 3.68. The predicted molar refractivity (Wildman–Crippen MR) is 109 cm³/mol. The molecule has 0 N–H and O–H groups in total. The Hall–Kier alpha value is -1.08. The van der Waals surface area contributed by atoms with E-state index in [0.29, 0.717) is 0 Å². The van der Waals surface area contributed by atoms with Gasteiger partial charge in [-0.1, -0.05) is 35.7 Å².